The van der Waals surface area contributed by atoms with Crippen molar-refractivity contribution in [1.82, 2.24) is 43.6 Å². The van der Waals surface area contributed by atoms with Crippen LogP contribution in [0.4, 0.5) is 0 Å². The highest BCUT2D eigenvalue weighted by Gasteiger charge is 2.24. The first-order valence-electron chi connectivity index (χ1n) is 44.3. The Bertz CT molecular complexity index is 9120. The molecular formula is C120H75N9O3. The van der Waals surface area contributed by atoms with Gasteiger partial charge in [0, 0.05) is 121 Å². The molecule has 0 N–H and O–H groups in total. The van der Waals surface area contributed by atoms with Crippen LogP contribution < -0.4 is 0 Å². The molecule has 0 unspecified atom stereocenters. The van der Waals surface area contributed by atoms with Crippen molar-refractivity contribution in [2.45, 2.75) is 0 Å². The van der Waals surface area contributed by atoms with Gasteiger partial charge in [-0.05, 0) is 151 Å². The van der Waals surface area contributed by atoms with Gasteiger partial charge in [-0.15, -0.1) is 0 Å². The predicted octanol–water partition coefficient (Wildman–Crippen LogP) is 31.4. The molecule has 0 bridgehead atoms. The van der Waals surface area contributed by atoms with E-state index in [0.29, 0.717) is 17.6 Å². The maximum Gasteiger partial charge on any atom is 0.235 e. The second kappa shape index (κ2) is 32.1. The third-order valence-electron chi connectivity index (χ3n) is 25.3. The van der Waals surface area contributed by atoms with Crippen molar-refractivity contribution in [3.63, 3.8) is 0 Å². The monoisotopic (exact) mass is 1690 g/mol. The van der Waals surface area contributed by atoms with E-state index in [1.54, 1.807) is 0 Å². The van der Waals surface area contributed by atoms with E-state index >= 15 is 0 Å². The largest absolute Gasteiger partial charge is 0.456 e. The van der Waals surface area contributed by atoms with E-state index in [9.17, 15) is 0 Å². The van der Waals surface area contributed by atoms with Crippen LogP contribution in [-0.4, -0.2) is 43.6 Å². The molecule has 0 aliphatic rings. The second-order valence-electron chi connectivity index (χ2n) is 33.2. The van der Waals surface area contributed by atoms with Crippen LogP contribution >= 0.6 is 0 Å². The summed E-state index contributed by atoms with van der Waals surface area (Å²) in [6.45, 7) is 0. The van der Waals surface area contributed by atoms with Crippen molar-refractivity contribution in [2.24, 2.45) is 0 Å². The topological polar surface area (TPSA) is 132 Å². The van der Waals surface area contributed by atoms with Crippen LogP contribution in [-0.2, 0) is 0 Å². The molecule has 27 rings (SSSR count). The van der Waals surface area contributed by atoms with E-state index in [1.807, 2.05) is 97.1 Å². The van der Waals surface area contributed by atoms with Crippen molar-refractivity contribution in [2.75, 3.05) is 0 Å². The van der Waals surface area contributed by atoms with Crippen LogP contribution in [0.3, 0.4) is 0 Å². The summed E-state index contributed by atoms with van der Waals surface area (Å²) in [6.07, 6.45) is 0. The molecule has 12 heteroatoms. The second-order valence-corrected chi connectivity index (χ2v) is 33.2. The van der Waals surface area contributed by atoms with Gasteiger partial charge in [-0.3, -0.25) is 4.57 Å². The summed E-state index contributed by atoms with van der Waals surface area (Å²) in [5, 5.41) is 13.8. The molecule has 0 fully saturated rings. The Morgan fingerprint density at radius 3 is 0.803 bits per heavy atom. The fraction of sp³-hybridized carbons (Fsp3) is 0. The average Bonchev–Trinajstić information content (AvgIpc) is 1.59. The quantitative estimate of drug-likeness (QED) is 0.117. The van der Waals surface area contributed by atoms with Crippen molar-refractivity contribution in [1.29, 1.82) is 0 Å². The lowest BCUT2D eigenvalue weighted by Gasteiger charge is -2.12. The van der Waals surface area contributed by atoms with Gasteiger partial charge in [-0.2, -0.15) is 0 Å². The maximum atomic E-state index is 6.30. The molecule has 0 radical (unpaired) electrons. The third kappa shape index (κ3) is 13.6. The number of fused-ring (bicyclic) bond motifs is 18. The van der Waals surface area contributed by atoms with Crippen molar-refractivity contribution < 1.29 is 13.3 Å². The van der Waals surface area contributed by atoms with Crippen LogP contribution in [0.2, 0.25) is 0 Å². The zero-order valence-corrected chi connectivity index (χ0v) is 71.1. The molecule has 0 atom stereocenters. The average molecular weight is 1690 g/mol. The molecule has 0 aliphatic heterocycles. The summed E-state index contributed by atoms with van der Waals surface area (Å²) in [5.41, 5.74) is 29.6. The van der Waals surface area contributed by atoms with Gasteiger partial charge in [0.25, 0.3) is 0 Å². The minimum atomic E-state index is 0.642. The predicted molar refractivity (Wildman–Crippen MR) is 540 cm³/mol. The van der Waals surface area contributed by atoms with Gasteiger partial charge < -0.3 is 22.4 Å². The van der Waals surface area contributed by atoms with E-state index in [1.165, 1.54) is 43.4 Å². The SMILES string of the molecule is c1ccc(-c2cc(-c3ccc4c(c3)oc3ccccc34)nc(-n3c4ccccc4c4ccccc43)n2)cc1.c1ccc(-c2cc(-c3ccc4c5ccccc5n(-c5ccccc5)c4c3)nc(-c3ccc4c(c3)oc3ccccc34)n2)cc1.c1ccc(-c2cccc(-c3nc(-c4ccc5c(c4)oc4ccccc45)cc(-c4ccc5c6ccccc6n(-c6ccccc6)c5c4)n3)c2)cc1. The van der Waals surface area contributed by atoms with Crippen LogP contribution in [0.5, 0.6) is 0 Å². The third-order valence-corrected chi connectivity index (χ3v) is 25.3. The molecule has 0 saturated heterocycles. The van der Waals surface area contributed by atoms with Gasteiger partial charge >= 0.3 is 0 Å². The minimum Gasteiger partial charge on any atom is -0.456 e. The van der Waals surface area contributed by atoms with Crippen LogP contribution in [0.1, 0.15) is 0 Å². The highest BCUT2D eigenvalue weighted by atomic mass is 16.3. The van der Waals surface area contributed by atoms with Crippen LogP contribution in [0.15, 0.2) is 468 Å². The van der Waals surface area contributed by atoms with E-state index in [0.717, 1.165) is 189 Å². The molecule has 618 valence electrons. The van der Waals surface area contributed by atoms with Gasteiger partial charge in [0.05, 0.1) is 67.3 Å². The zero-order valence-electron chi connectivity index (χ0n) is 71.1. The summed E-state index contributed by atoms with van der Waals surface area (Å²) in [7, 11) is 0. The number of rotatable bonds is 12. The van der Waals surface area contributed by atoms with Gasteiger partial charge in [0.1, 0.15) is 33.5 Å². The Morgan fingerprint density at radius 1 is 0.144 bits per heavy atom. The van der Waals surface area contributed by atoms with E-state index in [-0.39, 0.29) is 0 Å². The number of furan rings is 3. The smallest absolute Gasteiger partial charge is 0.235 e. The standard InChI is InChI=1S/C46H29N3O.C40H25N3O.C34H21N3O/c1-3-12-30(13-4-1)31-14-11-15-34(26-31)46-47-40(29-41(48-46)33-23-25-39-38-19-8-10-21-44(38)50-45(39)28-33)32-22-24-37-36-18-7-9-20-42(36)49(43(37)27-32)35-16-5-2-6-17-35;1-3-11-26(12-4-1)34-25-35(42-40(41-34)28-20-22-33-32-16-8-10-18-38(32)44-39(33)24-28)27-19-21-31-30-15-7-9-17-36(30)43(37(31)23-27)29-13-5-2-6-14-29;1-2-10-22(11-3-1)28-21-29(23-18-19-27-26-14-6-9-17-32(26)38-33(27)20-23)36-34(35-28)37-30-15-7-4-12-24(30)25-13-5-8-16-31(25)37/h1-29H;1-25H;1-21H. The summed E-state index contributed by atoms with van der Waals surface area (Å²) in [5.74, 6) is 1.97. The van der Waals surface area contributed by atoms with E-state index < -0.39 is 0 Å². The molecule has 132 heavy (non-hydrogen) atoms. The number of para-hydroxylation sites is 9. The van der Waals surface area contributed by atoms with E-state index in [4.69, 9.17) is 43.2 Å². The first-order chi connectivity index (χ1) is 65.4. The van der Waals surface area contributed by atoms with Gasteiger partial charge in [-0.1, -0.05) is 315 Å². The Morgan fingerprint density at radius 2 is 0.402 bits per heavy atom. The molecular weight excluding hydrogens is 1620 g/mol. The molecule has 12 nitrogen and oxygen atoms in total. The van der Waals surface area contributed by atoms with Crippen molar-refractivity contribution in [3.8, 4) is 119 Å². The number of hydrogen-bond donors (Lipinski definition) is 0. The van der Waals surface area contributed by atoms with E-state index in [2.05, 4.69) is 372 Å². The summed E-state index contributed by atoms with van der Waals surface area (Å²) in [4.78, 5) is 30.9. The minimum absolute atomic E-state index is 0.642. The summed E-state index contributed by atoms with van der Waals surface area (Å²) in [6, 6.07) is 158. The Balaban J connectivity index is 0.000000107. The molecule has 0 spiro atoms. The molecule has 0 aliphatic carbocycles. The van der Waals surface area contributed by atoms with Gasteiger partial charge in [0.15, 0.2) is 11.6 Å². The lowest BCUT2D eigenvalue weighted by molar-refractivity contribution is 0.668. The zero-order chi connectivity index (χ0) is 87.1. The fourth-order valence-electron chi connectivity index (χ4n) is 19.0. The van der Waals surface area contributed by atoms with Gasteiger partial charge in [0.2, 0.25) is 5.95 Å². The highest BCUT2D eigenvalue weighted by molar-refractivity contribution is 6.14. The van der Waals surface area contributed by atoms with Gasteiger partial charge in [-0.25, -0.2) is 29.9 Å². The molecule has 9 heterocycles. The molecule has 0 saturated carbocycles. The number of nitrogens with zero attached hydrogens (tertiary/aromatic N) is 9. The maximum absolute atomic E-state index is 6.30. The Kier molecular flexibility index (Phi) is 18.6. The number of hydrogen-bond acceptors (Lipinski definition) is 9. The highest BCUT2D eigenvalue weighted by Crippen LogP contribution is 2.43. The van der Waals surface area contributed by atoms with Crippen molar-refractivity contribution in [3.05, 3.63) is 455 Å². The molecule has 0 amide bonds. The summed E-state index contributed by atoms with van der Waals surface area (Å²) < 4.78 is 25.6. The molecule has 9 aromatic heterocycles. The van der Waals surface area contributed by atoms with Crippen LogP contribution in [0, 0.1) is 0 Å². The fourth-order valence-corrected chi connectivity index (χ4v) is 19.0. The number of aromatic nitrogens is 9. The normalized spacial score (nSPS) is 11.6. The lowest BCUT2D eigenvalue weighted by Crippen LogP contribution is -2.03. The number of benzene rings is 18. The van der Waals surface area contributed by atoms with Crippen LogP contribution in [0.25, 0.3) is 250 Å². The molecule has 18 aromatic carbocycles. The van der Waals surface area contributed by atoms with Crippen molar-refractivity contribution >= 4 is 131 Å². The molecule has 27 aromatic rings. The Labute approximate surface area is 756 Å². The first-order valence-corrected chi connectivity index (χ1v) is 44.3. The summed E-state index contributed by atoms with van der Waals surface area (Å²) >= 11 is 0. The lowest BCUT2D eigenvalue weighted by atomic mass is 10.0. The Hall–Kier alpha value is -18.0. The first kappa shape index (κ1) is 76.4.